The van der Waals surface area contributed by atoms with Crippen LogP contribution >= 0.6 is 0 Å². The molecule has 7 heteroatoms. The summed E-state index contributed by atoms with van der Waals surface area (Å²) in [7, 11) is 0. The molecule has 1 amide bonds. The summed E-state index contributed by atoms with van der Waals surface area (Å²) in [5, 5.41) is 15.0. The molecule has 0 bridgehead atoms. The van der Waals surface area contributed by atoms with Gasteiger partial charge >= 0.3 is 5.97 Å². The van der Waals surface area contributed by atoms with Crippen LogP contribution in [0.2, 0.25) is 0 Å². The zero-order chi connectivity index (χ0) is 20.4. The Kier molecular flexibility index (Phi) is 5.03. The number of aromatic nitrogens is 2. The first kappa shape index (κ1) is 18.7. The molecule has 1 aromatic heterocycles. The van der Waals surface area contributed by atoms with E-state index in [1.807, 2.05) is 49.4 Å². The Morgan fingerprint density at radius 3 is 2.59 bits per heavy atom. The molecule has 0 radical (unpaired) electrons. The minimum Gasteiger partial charge on any atom is -0.481 e. The molecule has 29 heavy (non-hydrogen) atoms. The van der Waals surface area contributed by atoms with Gasteiger partial charge in [-0.2, -0.15) is 5.10 Å². The third-order valence-corrected chi connectivity index (χ3v) is 5.05. The normalized spacial score (nSPS) is 16.1. The lowest BCUT2D eigenvalue weighted by Gasteiger charge is -2.22. The fourth-order valence-corrected chi connectivity index (χ4v) is 3.58. The second-order valence-corrected chi connectivity index (χ2v) is 7.02. The highest BCUT2D eigenvalue weighted by Gasteiger charge is 2.33. The molecule has 0 saturated heterocycles. The Balaban J connectivity index is 1.71. The first-order valence-electron chi connectivity index (χ1n) is 9.41. The van der Waals surface area contributed by atoms with Crippen LogP contribution < -0.4 is 0 Å². The number of hydrogen-bond donors (Lipinski definition) is 1. The van der Waals surface area contributed by atoms with Gasteiger partial charge in [0.25, 0.3) is 0 Å². The molecule has 7 nitrogen and oxygen atoms in total. The van der Waals surface area contributed by atoms with E-state index in [9.17, 15) is 9.59 Å². The van der Waals surface area contributed by atoms with Crippen LogP contribution in [0.4, 0.5) is 0 Å². The quantitative estimate of drug-likeness (QED) is 0.722. The Bertz CT molecular complexity index is 1130. The Morgan fingerprint density at radius 1 is 1.07 bits per heavy atom. The van der Waals surface area contributed by atoms with Crippen LogP contribution in [0.1, 0.15) is 42.0 Å². The lowest BCUT2D eigenvalue weighted by Crippen LogP contribution is -2.27. The summed E-state index contributed by atoms with van der Waals surface area (Å²) in [6, 6.07) is 13.3. The van der Waals surface area contributed by atoms with E-state index in [2.05, 4.69) is 15.1 Å². The summed E-state index contributed by atoms with van der Waals surface area (Å²) in [5.74, 6) is -1.31. The molecule has 1 N–H and O–H groups in total. The van der Waals surface area contributed by atoms with Crippen molar-refractivity contribution in [3.05, 3.63) is 71.5 Å². The fourth-order valence-electron chi connectivity index (χ4n) is 3.58. The number of rotatable bonds is 5. The van der Waals surface area contributed by atoms with E-state index in [1.54, 1.807) is 12.4 Å². The van der Waals surface area contributed by atoms with E-state index >= 15 is 0 Å². The maximum atomic E-state index is 12.8. The number of benzene rings is 2. The van der Waals surface area contributed by atoms with Crippen LogP contribution in [-0.2, 0) is 9.59 Å². The van der Waals surface area contributed by atoms with Crippen molar-refractivity contribution in [2.75, 3.05) is 0 Å². The van der Waals surface area contributed by atoms with Crippen LogP contribution in [0.3, 0.4) is 0 Å². The first-order chi connectivity index (χ1) is 14.0. The van der Waals surface area contributed by atoms with E-state index in [-0.39, 0.29) is 24.8 Å². The summed E-state index contributed by atoms with van der Waals surface area (Å²) in [4.78, 5) is 32.4. The molecular formula is C22H20N4O3. The number of fused-ring (bicyclic) bond motifs is 1. The fraction of sp³-hybridized carbons (Fsp3) is 0.227. The maximum absolute atomic E-state index is 12.8. The Morgan fingerprint density at radius 2 is 1.83 bits per heavy atom. The van der Waals surface area contributed by atoms with Gasteiger partial charge in [-0.1, -0.05) is 30.3 Å². The average Bonchev–Trinajstić information content (AvgIpc) is 3.17. The summed E-state index contributed by atoms with van der Waals surface area (Å²) in [5.41, 5.74) is 5.30. The largest absolute Gasteiger partial charge is 0.481 e. The number of carboxylic acids is 1. The predicted molar refractivity (Wildman–Crippen MR) is 108 cm³/mol. The van der Waals surface area contributed by atoms with Crippen molar-refractivity contribution >= 4 is 28.6 Å². The smallest absolute Gasteiger partial charge is 0.303 e. The number of carbonyl (C=O) groups is 2. The van der Waals surface area contributed by atoms with Gasteiger partial charge in [-0.15, -0.1) is 0 Å². The molecule has 0 spiro atoms. The molecular weight excluding hydrogens is 368 g/mol. The Labute approximate surface area is 167 Å². The van der Waals surface area contributed by atoms with Gasteiger partial charge in [0.15, 0.2) is 0 Å². The number of carboxylic acid groups (broad SMARTS) is 1. The van der Waals surface area contributed by atoms with Crippen LogP contribution in [0, 0.1) is 6.92 Å². The van der Waals surface area contributed by atoms with Gasteiger partial charge in [0.1, 0.15) is 0 Å². The van der Waals surface area contributed by atoms with Crippen molar-refractivity contribution in [3.63, 3.8) is 0 Å². The topological polar surface area (TPSA) is 95.8 Å². The summed E-state index contributed by atoms with van der Waals surface area (Å²) >= 11 is 0. The highest BCUT2D eigenvalue weighted by atomic mass is 16.4. The monoisotopic (exact) mass is 388 g/mol. The van der Waals surface area contributed by atoms with Gasteiger partial charge in [0.05, 0.1) is 29.2 Å². The highest BCUT2D eigenvalue weighted by molar-refractivity contribution is 6.04. The lowest BCUT2D eigenvalue weighted by atomic mass is 9.96. The highest BCUT2D eigenvalue weighted by Crippen LogP contribution is 2.34. The second-order valence-electron chi connectivity index (χ2n) is 7.02. The van der Waals surface area contributed by atoms with E-state index in [0.29, 0.717) is 6.42 Å². The standard InChI is InChI=1S/C22H20N4O3/c1-14-4-2-3-5-16(14)18-13-20(26(25-18)21(27)8-9-22(28)29)15-6-7-17-19(12-15)24-11-10-23-17/h2-7,10-12,20H,8-9,13H2,1H3,(H,28,29). The molecule has 146 valence electrons. The number of hydrazone groups is 1. The average molecular weight is 388 g/mol. The number of carbonyl (C=O) groups excluding carboxylic acids is 1. The second kappa shape index (κ2) is 7.79. The molecule has 2 aromatic carbocycles. The number of aryl methyl sites for hydroxylation is 1. The summed E-state index contributed by atoms with van der Waals surface area (Å²) in [6.07, 6.45) is 3.50. The molecule has 2 heterocycles. The number of amides is 1. The van der Waals surface area contributed by atoms with Gasteiger partial charge in [0.2, 0.25) is 5.91 Å². The minimum atomic E-state index is -1.00. The molecule has 3 aromatic rings. The minimum absolute atomic E-state index is 0.0935. The van der Waals surface area contributed by atoms with Crippen LogP contribution in [0.25, 0.3) is 11.0 Å². The van der Waals surface area contributed by atoms with Gasteiger partial charge in [-0.25, -0.2) is 5.01 Å². The maximum Gasteiger partial charge on any atom is 0.303 e. The van der Waals surface area contributed by atoms with E-state index in [1.165, 1.54) is 5.01 Å². The van der Waals surface area contributed by atoms with Gasteiger partial charge in [-0.3, -0.25) is 19.6 Å². The van der Waals surface area contributed by atoms with Crippen LogP contribution in [-0.4, -0.2) is 37.7 Å². The first-order valence-corrected chi connectivity index (χ1v) is 9.41. The van der Waals surface area contributed by atoms with E-state index in [4.69, 9.17) is 5.11 Å². The van der Waals surface area contributed by atoms with Gasteiger partial charge in [-0.05, 0) is 30.2 Å². The van der Waals surface area contributed by atoms with Crippen molar-refractivity contribution in [3.8, 4) is 0 Å². The van der Waals surface area contributed by atoms with Gasteiger partial charge < -0.3 is 5.11 Å². The van der Waals surface area contributed by atoms with Crippen molar-refractivity contribution in [2.45, 2.75) is 32.2 Å². The molecule has 1 aliphatic heterocycles. The lowest BCUT2D eigenvalue weighted by molar-refractivity contribution is -0.141. The summed E-state index contributed by atoms with van der Waals surface area (Å²) < 4.78 is 0. The Hall–Kier alpha value is -3.61. The summed E-state index contributed by atoms with van der Waals surface area (Å²) in [6.45, 7) is 2.01. The zero-order valence-corrected chi connectivity index (χ0v) is 15.9. The SMILES string of the molecule is Cc1ccccc1C1=NN(C(=O)CCC(=O)O)C(c2ccc3nccnc3c2)C1. The third kappa shape index (κ3) is 3.85. The molecule has 1 atom stereocenters. The molecule has 0 saturated carbocycles. The predicted octanol–water partition coefficient (Wildman–Crippen LogP) is 3.48. The van der Waals surface area contributed by atoms with Gasteiger partial charge in [0, 0.05) is 30.8 Å². The van der Waals surface area contributed by atoms with Crippen LogP contribution in [0.5, 0.6) is 0 Å². The van der Waals surface area contributed by atoms with Crippen LogP contribution in [0.15, 0.2) is 60.0 Å². The molecule has 1 unspecified atom stereocenters. The van der Waals surface area contributed by atoms with Crippen molar-refractivity contribution < 1.29 is 14.7 Å². The zero-order valence-electron chi connectivity index (χ0n) is 15.9. The molecule has 1 aliphatic rings. The molecule has 0 fully saturated rings. The van der Waals surface area contributed by atoms with Crippen molar-refractivity contribution in [1.82, 2.24) is 15.0 Å². The third-order valence-electron chi connectivity index (χ3n) is 5.05. The number of aliphatic carboxylic acids is 1. The number of hydrogen-bond acceptors (Lipinski definition) is 5. The van der Waals surface area contributed by atoms with Crippen molar-refractivity contribution in [1.29, 1.82) is 0 Å². The van der Waals surface area contributed by atoms with Crippen molar-refractivity contribution in [2.24, 2.45) is 5.10 Å². The number of nitrogens with zero attached hydrogens (tertiary/aromatic N) is 4. The molecule has 0 aliphatic carbocycles. The molecule has 4 rings (SSSR count). The van der Waals surface area contributed by atoms with E-state index in [0.717, 1.165) is 33.4 Å². The van der Waals surface area contributed by atoms with E-state index < -0.39 is 5.97 Å².